The fourth-order valence-corrected chi connectivity index (χ4v) is 5.47. The summed E-state index contributed by atoms with van der Waals surface area (Å²) in [5.41, 5.74) is 3.71. The summed E-state index contributed by atoms with van der Waals surface area (Å²) < 4.78 is 45.1. The van der Waals surface area contributed by atoms with Crippen LogP contribution in [0, 0.1) is 0 Å². The van der Waals surface area contributed by atoms with Crippen LogP contribution in [0.3, 0.4) is 0 Å². The number of nitrogens with zero attached hydrogens (tertiary/aromatic N) is 3. The predicted molar refractivity (Wildman–Crippen MR) is 153 cm³/mol. The number of hydrogen-bond acceptors (Lipinski definition) is 4. The number of alkyl halides is 3. The van der Waals surface area contributed by atoms with Crippen molar-refractivity contribution in [1.82, 2.24) is 19.8 Å². The van der Waals surface area contributed by atoms with Crippen LogP contribution in [0.4, 0.5) is 18.0 Å². The largest absolute Gasteiger partial charge is 0.573 e. The normalized spacial score (nSPS) is 14.1. The minimum absolute atomic E-state index is 0.142. The summed E-state index contributed by atoms with van der Waals surface area (Å²) in [4.78, 5) is 19.6. The first kappa shape index (κ1) is 28.5. The molecular formula is C28H22BrCl2F3N4O2. The number of hydrogen-bond donors (Lipinski definition) is 1. The Morgan fingerprint density at radius 3 is 2.65 bits per heavy atom. The molecule has 208 valence electrons. The first-order chi connectivity index (χ1) is 19.1. The third kappa shape index (κ3) is 6.63. The summed E-state index contributed by atoms with van der Waals surface area (Å²) in [7, 11) is 0. The fraction of sp³-hybridized carbons (Fsp3) is 0.214. The quantitative estimate of drug-likeness (QED) is 0.216. The molecule has 0 spiro atoms. The molecule has 3 heterocycles. The van der Waals surface area contributed by atoms with Crippen LogP contribution in [-0.2, 0) is 19.5 Å². The highest BCUT2D eigenvalue weighted by Crippen LogP contribution is 2.39. The number of fused-ring (bicyclic) bond motifs is 3. The van der Waals surface area contributed by atoms with E-state index in [-0.39, 0.29) is 11.0 Å². The van der Waals surface area contributed by atoms with E-state index in [9.17, 15) is 18.0 Å². The number of carbonyl (C=O) groups excluding carboxylic acids is 1. The molecule has 0 aliphatic carbocycles. The summed E-state index contributed by atoms with van der Waals surface area (Å²) in [6.45, 7) is 2.00. The maximum Gasteiger partial charge on any atom is 0.573 e. The molecule has 4 aromatic rings. The molecule has 2 aromatic heterocycles. The van der Waals surface area contributed by atoms with Crippen LogP contribution in [0.25, 0.3) is 17.0 Å². The van der Waals surface area contributed by atoms with Crippen LogP contribution in [-0.4, -0.2) is 39.9 Å². The molecule has 5 rings (SSSR count). The lowest BCUT2D eigenvalue weighted by Gasteiger charge is -2.27. The predicted octanol–water partition coefficient (Wildman–Crippen LogP) is 7.83. The van der Waals surface area contributed by atoms with Crippen molar-refractivity contribution in [2.24, 2.45) is 0 Å². The monoisotopic (exact) mass is 652 g/mol. The van der Waals surface area contributed by atoms with Gasteiger partial charge < -0.3 is 10.1 Å². The number of carbonyl (C=O) groups is 1. The SMILES string of the molecule is O=C(NCc1ccnc(Cl)c1)n1c2c(c3cc(Br)c(OC(F)(F)F)cc31)CN(C/C=C/c1ccc(Cl)cc1)CC2. The zero-order valence-corrected chi connectivity index (χ0v) is 23.9. The van der Waals surface area contributed by atoms with Gasteiger partial charge in [-0.1, -0.05) is 47.5 Å². The summed E-state index contributed by atoms with van der Waals surface area (Å²) in [5, 5.41) is 4.48. The number of benzene rings is 2. The van der Waals surface area contributed by atoms with E-state index in [1.807, 2.05) is 36.4 Å². The number of ether oxygens (including phenoxy) is 1. The van der Waals surface area contributed by atoms with E-state index in [1.54, 1.807) is 18.2 Å². The third-order valence-electron chi connectivity index (χ3n) is 6.49. The summed E-state index contributed by atoms with van der Waals surface area (Å²) >= 11 is 15.1. The van der Waals surface area contributed by atoms with E-state index in [4.69, 9.17) is 23.2 Å². The first-order valence-corrected chi connectivity index (χ1v) is 13.8. The number of halogens is 6. The molecule has 6 nitrogen and oxygen atoms in total. The van der Waals surface area contributed by atoms with Gasteiger partial charge in [-0.25, -0.2) is 9.78 Å². The molecule has 1 amide bonds. The highest BCUT2D eigenvalue weighted by atomic mass is 79.9. The molecule has 0 saturated heterocycles. The zero-order valence-electron chi connectivity index (χ0n) is 20.8. The molecule has 0 unspecified atom stereocenters. The summed E-state index contributed by atoms with van der Waals surface area (Å²) in [6, 6.07) is 13.2. The molecule has 0 bridgehead atoms. The molecule has 12 heteroatoms. The van der Waals surface area contributed by atoms with Crippen LogP contribution in [0.15, 0.2) is 65.3 Å². The van der Waals surface area contributed by atoms with Gasteiger partial charge in [-0.15, -0.1) is 13.2 Å². The van der Waals surface area contributed by atoms with Crippen LogP contribution in [0.2, 0.25) is 10.2 Å². The maximum atomic E-state index is 13.5. The van der Waals surface area contributed by atoms with Crippen molar-refractivity contribution in [2.75, 3.05) is 13.1 Å². The number of aromatic nitrogens is 2. The molecule has 1 aliphatic rings. The van der Waals surface area contributed by atoms with E-state index < -0.39 is 18.1 Å². The molecule has 0 radical (unpaired) electrons. The Morgan fingerprint density at radius 1 is 1.15 bits per heavy atom. The molecule has 1 aliphatic heterocycles. The van der Waals surface area contributed by atoms with Crippen LogP contribution >= 0.6 is 39.1 Å². The molecule has 1 N–H and O–H groups in total. The van der Waals surface area contributed by atoms with Crippen molar-refractivity contribution < 1.29 is 22.7 Å². The Hall–Kier alpha value is -3.05. The smallest absolute Gasteiger partial charge is 0.405 e. The minimum atomic E-state index is -4.89. The van der Waals surface area contributed by atoms with E-state index in [0.717, 1.165) is 22.4 Å². The van der Waals surface area contributed by atoms with Gasteiger partial charge in [0.25, 0.3) is 0 Å². The Balaban J connectivity index is 1.45. The van der Waals surface area contributed by atoms with Gasteiger partial charge in [-0.3, -0.25) is 9.47 Å². The number of pyridine rings is 1. The van der Waals surface area contributed by atoms with Crippen molar-refractivity contribution in [3.63, 3.8) is 0 Å². The van der Waals surface area contributed by atoms with Crippen molar-refractivity contribution in [2.45, 2.75) is 25.9 Å². The maximum absolute atomic E-state index is 13.5. The molecule has 40 heavy (non-hydrogen) atoms. The van der Waals surface area contributed by atoms with Crippen molar-refractivity contribution in [1.29, 1.82) is 0 Å². The van der Waals surface area contributed by atoms with Crippen molar-refractivity contribution in [3.05, 3.63) is 97.8 Å². The van der Waals surface area contributed by atoms with Gasteiger partial charge in [0.15, 0.2) is 0 Å². The topological polar surface area (TPSA) is 59.4 Å². The highest BCUT2D eigenvalue weighted by Gasteiger charge is 2.33. The van der Waals surface area contributed by atoms with E-state index >= 15 is 0 Å². The van der Waals surface area contributed by atoms with E-state index in [2.05, 4.69) is 35.9 Å². The average molecular weight is 654 g/mol. The second-order valence-electron chi connectivity index (χ2n) is 9.19. The van der Waals surface area contributed by atoms with Gasteiger partial charge >= 0.3 is 12.4 Å². The Bertz CT molecular complexity index is 1590. The lowest BCUT2D eigenvalue weighted by Crippen LogP contribution is -2.34. The molecule has 2 aromatic carbocycles. The van der Waals surface area contributed by atoms with Gasteiger partial charge in [-0.05, 0) is 63.0 Å². The van der Waals surface area contributed by atoms with Gasteiger partial charge in [0, 0.05) is 61.0 Å². The highest BCUT2D eigenvalue weighted by molar-refractivity contribution is 9.10. The molecule has 0 saturated carbocycles. The second-order valence-corrected chi connectivity index (χ2v) is 10.9. The van der Waals surface area contributed by atoms with Crippen LogP contribution in [0.1, 0.15) is 22.4 Å². The lowest BCUT2D eigenvalue weighted by atomic mass is 10.0. The van der Waals surface area contributed by atoms with Gasteiger partial charge in [0.05, 0.1) is 9.99 Å². The van der Waals surface area contributed by atoms with Gasteiger partial charge in [-0.2, -0.15) is 0 Å². The van der Waals surface area contributed by atoms with Gasteiger partial charge in [0.2, 0.25) is 0 Å². The van der Waals surface area contributed by atoms with Crippen molar-refractivity contribution in [3.8, 4) is 5.75 Å². The first-order valence-electron chi connectivity index (χ1n) is 12.2. The van der Waals surface area contributed by atoms with Crippen LogP contribution < -0.4 is 10.1 Å². The van der Waals surface area contributed by atoms with Crippen molar-refractivity contribution >= 4 is 62.1 Å². The Morgan fingerprint density at radius 2 is 1.93 bits per heavy atom. The van der Waals surface area contributed by atoms with E-state index in [0.29, 0.717) is 47.1 Å². The summed E-state index contributed by atoms with van der Waals surface area (Å²) in [5.74, 6) is -0.424. The van der Waals surface area contributed by atoms with E-state index in [1.165, 1.54) is 16.8 Å². The average Bonchev–Trinajstić information content (AvgIpc) is 3.20. The Labute approximate surface area is 246 Å². The third-order valence-corrected chi connectivity index (χ3v) is 7.57. The minimum Gasteiger partial charge on any atom is -0.405 e. The zero-order chi connectivity index (χ0) is 28.4. The summed E-state index contributed by atoms with van der Waals surface area (Å²) in [6.07, 6.45) is 1.23. The van der Waals surface area contributed by atoms with Gasteiger partial charge in [0.1, 0.15) is 10.9 Å². The molecule has 0 fully saturated rings. The lowest BCUT2D eigenvalue weighted by molar-refractivity contribution is -0.274. The standard InChI is InChI=1S/C28H22BrCl2F3N4O2/c29-22-13-20-21-16-37(10-1-2-17-3-5-19(30)6-4-17)11-8-23(21)38(24(20)14-25(22)40-28(32,33)34)27(39)36-15-18-7-9-35-26(31)12-18/h1-7,9,12-14H,8,10-11,15-16H2,(H,36,39)/b2-1+. The second kappa shape index (κ2) is 11.8. The fourth-order valence-electron chi connectivity index (χ4n) is 4.72. The number of nitrogens with one attached hydrogen (secondary N) is 1. The number of amides is 1. The Kier molecular flexibility index (Phi) is 8.42. The molecule has 0 atom stereocenters. The molecular weight excluding hydrogens is 632 g/mol. The van der Waals surface area contributed by atoms with Crippen LogP contribution in [0.5, 0.6) is 5.75 Å². The number of rotatable bonds is 6.